The molecule has 0 bridgehead atoms. The number of nitrogens with zero attached hydrogens (tertiary/aromatic N) is 2. The van der Waals surface area contributed by atoms with Gasteiger partial charge in [0.2, 0.25) is 5.88 Å². The Hall–Kier alpha value is -3.41. The van der Waals surface area contributed by atoms with Crippen LogP contribution in [0.15, 0.2) is 60.7 Å². The van der Waals surface area contributed by atoms with Crippen LogP contribution in [0.5, 0.6) is 11.6 Å². The molecule has 1 atom stereocenters. The Morgan fingerprint density at radius 1 is 1.10 bits per heavy atom. The van der Waals surface area contributed by atoms with Gasteiger partial charge in [0.15, 0.2) is 0 Å². The maximum Gasteiger partial charge on any atom is 0.255 e. The van der Waals surface area contributed by atoms with Crippen LogP contribution in [-0.2, 0) is 6.54 Å². The lowest BCUT2D eigenvalue weighted by atomic mass is 10.1. The van der Waals surface area contributed by atoms with E-state index in [2.05, 4.69) is 4.98 Å². The first-order valence-electron chi connectivity index (χ1n) is 10.3. The average Bonchev–Trinajstić information content (AvgIpc) is 3.04. The van der Waals surface area contributed by atoms with E-state index in [0.717, 1.165) is 17.0 Å². The fourth-order valence-corrected chi connectivity index (χ4v) is 3.73. The van der Waals surface area contributed by atoms with E-state index in [1.54, 1.807) is 17.0 Å². The number of aromatic nitrogens is 1. The van der Waals surface area contributed by atoms with Gasteiger partial charge in [0.25, 0.3) is 5.91 Å². The predicted octanol–water partition coefficient (Wildman–Crippen LogP) is 5.09. The number of benzene rings is 2. The molecule has 5 nitrogen and oxygen atoms in total. The Balaban J connectivity index is 1.62. The maximum atomic E-state index is 13.7. The number of hydrogen-bond donors (Lipinski definition) is 0. The molecule has 2 aromatic carbocycles. The van der Waals surface area contributed by atoms with Gasteiger partial charge in [-0.3, -0.25) is 4.79 Å². The van der Waals surface area contributed by atoms with Gasteiger partial charge in [-0.2, -0.15) is 0 Å². The number of fused-ring (bicyclic) bond motifs is 1. The minimum atomic E-state index is -0.363. The quantitative estimate of drug-likeness (QED) is 0.534. The highest BCUT2D eigenvalue weighted by Gasteiger charge is 2.34. The third kappa shape index (κ3) is 4.68. The molecule has 0 aliphatic carbocycles. The Morgan fingerprint density at radius 2 is 1.87 bits per heavy atom. The fraction of sp³-hybridized carbons (Fsp3) is 0.280. The minimum Gasteiger partial charge on any atom is -0.491 e. The highest BCUT2D eigenvalue weighted by atomic mass is 19.1. The number of rotatable bonds is 7. The highest BCUT2D eigenvalue weighted by molar-refractivity contribution is 5.98. The SMILES string of the molecule is Cc1cccc(OCC(c2ccc(OC(C)C)cc2)N2Cc3cc(F)ccc3C2=O)n1. The first-order valence-corrected chi connectivity index (χ1v) is 10.3. The van der Waals surface area contributed by atoms with Crippen LogP contribution in [0.2, 0.25) is 0 Å². The van der Waals surface area contributed by atoms with Crippen molar-refractivity contribution in [3.8, 4) is 11.6 Å². The molecular weight excluding hydrogens is 395 g/mol. The van der Waals surface area contributed by atoms with Crippen molar-refractivity contribution in [1.82, 2.24) is 9.88 Å². The number of halogens is 1. The maximum absolute atomic E-state index is 13.7. The van der Waals surface area contributed by atoms with Crippen molar-refractivity contribution in [2.75, 3.05) is 6.61 Å². The summed E-state index contributed by atoms with van der Waals surface area (Å²) in [6.45, 7) is 6.39. The van der Waals surface area contributed by atoms with Gasteiger partial charge in [-0.15, -0.1) is 0 Å². The van der Waals surface area contributed by atoms with Crippen LogP contribution in [-0.4, -0.2) is 28.5 Å². The van der Waals surface area contributed by atoms with Crippen molar-refractivity contribution >= 4 is 5.91 Å². The Bertz CT molecular complexity index is 1080. The molecule has 0 fully saturated rings. The molecule has 1 aliphatic heterocycles. The number of amides is 1. The van der Waals surface area contributed by atoms with Crippen LogP contribution in [0.1, 0.15) is 47.1 Å². The molecule has 2 heterocycles. The smallest absolute Gasteiger partial charge is 0.255 e. The summed E-state index contributed by atoms with van der Waals surface area (Å²) in [5.41, 5.74) is 2.97. The second-order valence-corrected chi connectivity index (χ2v) is 7.91. The lowest BCUT2D eigenvalue weighted by Crippen LogP contribution is -2.33. The minimum absolute atomic E-state index is 0.0712. The normalized spacial score (nSPS) is 14.0. The van der Waals surface area contributed by atoms with Gasteiger partial charge in [-0.05, 0) is 68.3 Å². The fourth-order valence-electron chi connectivity index (χ4n) is 3.73. The van der Waals surface area contributed by atoms with E-state index in [-0.39, 0.29) is 30.5 Å². The number of aryl methyl sites for hydroxylation is 1. The number of ether oxygens (including phenoxy) is 2. The molecule has 4 rings (SSSR count). The van der Waals surface area contributed by atoms with Crippen LogP contribution in [0.25, 0.3) is 0 Å². The van der Waals surface area contributed by atoms with Crippen LogP contribution in [0.4, 0.5) is 4.39 Å². The summed E-state index contributed by atoms with van der Waals surface area (Å²) in [7, 11) is 0. The summed E-state index contributed by atoms with van der Waals surface area (Å²) in [6, 6.07) is 17.1. The predicted molar refractivity (Wildman–Crippen MR) is 116 cm³/mol. The van der Waals surface area contributed by atoms with Crippen molar-refractivity contribution < 1.29 is 18.7 Å². The average molecular weight is 420 g/mol. The standard InChI is InChI=1S/C25H25FN2O3/c1-16(2)31-21-10-7-18(8-11-21)23(15-30-24-6-4-5-17(3)27-24)28-14-19-13-20(26)9-12-22(19)25(28)29/h4-13,16,23H,14-15H2,1-3H3. The molecular formula is C25H25FN2O3. The summed E-state index contributed by atoms with van der Waals surface area (Å²) < 4.78 is 25.4. The molecule has 1 unspecified atom stereocenters. The van der Waals surface area contributed by atoms with Crippen molar-refractivity contribution in [1.29, 1.82) is 0 Å². The molecule has 0 saturated heterocycles. The van der Waals surface area contributed by atoms with Crippen molar-refractivity contribution in [2.45, 2.75) is 39.5 Å². The van der Waals surface area contributed by atoms with E-state index < -0.39 is 0 Å². The molecule has 0 saturated carbocycles. The zero-order valence-electron chi connectivity index (χ0n) is 17.8. The number of carbonyl (C=O) groups is 1. The molecule has 6 heteroatoms. The summed E-state index contributed by atoms with van der Waals surface area (Å²) in [5, 5.41) is 0. The van der Waals surface area contributed by atoms with E-state index in [1.165, 1.54) is 12.1 Å². The highest BCUT2D eigenvalue weighted by Crippen LogP contribution is 2.33. The molecule has 0 N–H and O–H groups in total. The lowest BCUT2D eigenvalue weighted by molar-refractivity contribution is 0.0632. The number of hydrogen-bond acceptors (Lipinski definition) is 4. The van der Waals surface area contributed by atoms with Crippen molar-refractivity contribution in [2.24, 2.45) is 0 Å². The molecule has 160 valence electrons. The van der Waals surface area contributed by atoms with Gasteiger partial charge in [0.1, 0.15) is 18.2 Å². The van der Waals surface area contributed by atoms with Gasteiger partial charge >= 0.3 is 0 Å². The van der Waals surface area contributed by atoms with Crippen LogP contribution >= 0.6 is 0 Å². The second kappa shape index (κ2) is 8.76. The van der Waals surface area contributed by atoms with Crippen LogP contribution in [0.3, 0.4) is 0 Å². The lowest BCUT2D eigenvalue weighted by Gasteiger charge is -2.28. The molecule has 1 aliphatic rings. The van der Waals surface area contributed by atoms with Gasteiger partial charge < -0.3 is 14.4 Å². The second-order valence-electron chi connectivity index (χ2n) is 7.91. The van der Waals surface area contributed by atoms with Crippen LogP contribution in [0, 0.1) is 12.7 Å². The molecule has 0 spiro atoms. The third-order valence-corrected chi connectivity index (χ3v) is 5.16. The van der Waals surface area contributed by atoms with E-state index in [9.17, 15) is 9.18 Å². The van der Waals surface area contributed by atoms with Crippen molar-refractivity contribution in [3.63, 3.8) is 0 Å². The first kappa shape index (κ1) is 20.8. The number of carbonyl (C=O) groups excluding carboxylic acids is 1. The molecule has 0 radical (unpaired) electrons. The molecule has 31 heavy (non-hydrogen) atoms. The Kier molecular flexibility index (Phi) is 5.89. The van der Waals surface area contributed by atoms with Gasteiger partial charge in [0.05, 0.1) is 12.1 Å². The van der Waals surface area contributed by atoms with Crippen LogP contribution < -0.4 is 9.47 Å². The third-order valence-electron chi connectivity index (χ3n) is 5.16. The van der Waals surface area contributed by atoms with Gasteiger partial charge in [0, 0.05) is 23.9 Å². The van der Waals surface area contributed by atoms with Gasteiger partial charge in [-0.25, -0.2) is 9.37 Å². The van der Waals surface area contributed by atoms with Gasteiger partial charge in [-0.1, -0.05) is 18.2 Å². The van der Waals surface area contributed by atoms with E-state index >= 15 is 0 Å². The summed E-state index contributed by atoms with van der Waals surface area (Å²) >= 11 is 0. The monoisotopic (exact) mass is 420 g/mol. The van der Waals surface area contributed by atoms with Crippen molar-refractivity contribution in [3.05, 3.63) is 88.9 Å². The molecule has 3 aromatic rings. The Morgan fingerprint density at radius 3 is 2.58 bits per heavy atom. The molecule has 1 aromatic heterocycles. The first-order chi connectivity index (χ1) is 14.9. The largest absolute Gasteiger partial charge is 0.491 e. The zero-order valence-corrected chi connectivity index (χ0v) is 17.8. The van der Waals surface area contributed by atoms with E-state index in [0.29, 0.717) is 23.6 Å². The zero-order chi connectivity index (χ0) is 22.0. The summed E-state index contributed by atoms with van der Waals surface area (Å²) in [4.78, 5) is 19.2. The van der Waals surface area contributed by atoms with E-state index in [4.69, 9.17) is 9.47 Å². The summed E-state index contributed by atoms with van der Waals surface area (Å²) in [5.74, 6) is 0.778. The van der Waals surface area contributed by atoms with E-state index in [1.807, 2.05) is 57.2 Å². The molecule has 1 amide bonds. The summed E-state index contributed by atoms with van der Waals surface area (Å²) in [6.07, 6.45) is 0.0712. The topological polar surface area (TPSA) is 51.7 Å². The Labute approximate surface area is 181 Å². The number of pyridine rings is 1.